The van der Waals surface area contributed by atoms with E-state index in [9.17, 15) is 4.79 Å². The van der Waals surface area contributed by atoms with Crippen molar-refractivity contribution >= 4 is 5.91 Å². The Morgan fingerprint density at radius 2 is 2.11 bits per heavy atom. The molecule has 0 fully saturated rings. The number of fused-ring (bicyclic) bond motifs is 1. The monoisotopic (exact) mass is 384 g/mol. The Morgan fingerprint density at radius 3 is 2.79 bits per heavy atom. The highest BCUT2D eigenvalue weighted by molar-refractivity contribution is 5.93. The minimum Gasteiger partial charge on any atom is -0.496 e. The first-order valence-corrected chi connectivity index (χ1v) is 10.1. The molecule has 2 aromatic rings. The lowest BCUT2D eigenvalue weighted by Gasteiger charge is -2.25. The van der Waals surface area contributed by atoms with Crippen molar-refractivity contribution in [2.24, 2.45) is 5.92 Å². The van der Waals surface area contributed by atoms with Crippen molar-refractivity contribution in [3.63, 3.8) is 0 Å². The molecule has 28 heavy (non-hydrogen) atoms. The van der Waals surface area contributed by atoms with E-state index in [-0.39, 0.29) is 5.91 Å². The predicted molar refractivity (Wildman–Crippen MR) is 111 cm³/mol. The van der Waals surface area contributed by atoms with Crippen LogP contribution >= 0.6 is 0 Å². The van der Waals surface area contributed by atoms with Crippen LogP contribution in [0.1, 0.15) is 47.6 Å². The molecule has 0 aliphatic heterocycles. The first kappa shape index (κ1) is 20.4. The van der Waals surface area contributed by atoms with E-state index in [0.717, 1.165) is 49.2 Å². The maximum atomic E-state index is 12.7. The normalized spacial score (nSPS) is 16.1. The zero-order chi connectivity index (χ0) is 20.3. The van der Waals surface area contributed by atoms with Gasteiger partial charge in [-0.05, 0) is 31.2 Å². The molecule has 1 amide bonds. The second-order valence-electron chi connectivity index (χ2n) is 8.18. The zero-order valence-corrected chi connectivity index (χ0v) is 17.7. The van der Waals surface area contributed by atoms with Gasteiger partial charge in [0, 0.05) is 50.0 Å². The van der Waals surface area contributed by atoms with Crippen LogP contribution in [0, 0.1) is 5.92 Å². The number of carbonyl (C=O) groups is 1. The molecule has 0 bridgehead atoms. The molecule has 1 aliphatic carbocycles. The molecule has 152 valence electrons. The molecule has 0 spiro atoms. The van der Waals surface area contributed by atoms with Crippen LogP contribution in [-0.4, -0.2) is 47.8 Å². The third kappa shape index (κ3) is 4.38. The van der Waals surface area contributed by atoms with Gasteiger partial charge in [-0.25, -0.2) is 0 Å². The molecule has 0 saturated carbocycles. The van der Waals surface area contributed by atoms with Crippen LogP contribution in [0.3, 0.4) is 0 Å². The molecule has 1 heterocycles. The van der Waals surface area contributed by atoms with E-state index in [1.54, 1.807) is 26.1 Å². The Bertz CT molecular complexity index is 826. The van der Waals surface area contributed by atoms with Crippen LogP contribution in [0.4, 0.5) is 0 Å². The Kier molecular flexibility index (Phi) is 6.39. The van der Waals surface area contributed by atoms with E-state index in [1.807, 2.05) is 18.2 Å². The predicted octanol–water partition coefficient (Wildman–Crippen LogP) is 2.90. The summed E-state index contributed by atoms with van der Waals surface area (Å²) in [4.78, 5) is 14.3. The van der Waals surface area contributed by atoms with E-state index >= 15 is 0 Å². The first-order chi connectivity index (χ1) is 13.4. The van der Waals surface area contributed by atoms with Crippen LogP contribution in [-0.2, 0) is 25.9 Å². The number of benzene rings is 1. The van der Waals surface area contributed by atoms with Gasteiger partial charge in [0.2, 0.25) is 0 Å². The quantitative estimate of drug-likeness (QED) is 0.797. The van der Waals surface area contributed by atoms with Gasteiger partial charge in [0.05, 0.1) is 7.11 Å². The molecule has 3 rings (SSSR count). The lowest BCUT2D eigenvalue weighted by Crippen LogP contribution is -2.35. The number of nitrogens with zero attached hydrogens (tertiary/aromatic N) is 3. The SMILES string of the molecule is COc1ccccc1CN[C@H]1CCc2c(c(C(=O)N(C)C)nn2CC(C)C)C1. The lowest BCUT2D eigenvalue weighted by atomic mass is 9.90. The fourth-order valence-electron chi connectivity index (χ4n) is 3.85. The van der Waals surface area contributed by atoms with Crippen molar-refractivity contribution in [1.82, 2.24) is 20.0 Å². The fraction of sp³-hybridized carbons (Fsp3) is 0.545. The molecule has 1 aliphatic rings. The van der Waals surface area contributed by atoms with Crippen LogP contribution in [0.15, 0.2) is 24.3 Å². The average molecular weight is 385 g/mol. The molecular formula is C22H32N4O2. The van der Waals surface area contributed by atoms with Gasteiger partial charge in [-0.2, -0.15) is 5.10 Å². The topological polar surface area (TPSA) is 59.4 Å². The summed E-state index contributed by atoms with van der Waals surface area (Å²) >= 11 is 0. The number of amides is 1. The largest absolute Gasteiger partial charge is 0.496 e. The average Bonchev–Trinajstić information content (AvgIpc) is 3.02. The summed E-state index contributed by atoms with van der Waals surface area (Å²) in [6, 6.07) is 8.41. The Hall–Kier alpha value is -2.34. The zero-order valence-electron chi connectivity index (χ0n) is 17.7. The molecule has 1 atom stereocenters. The second kappa shape index (κ2) is 8.78. The maximum Gasteiger partial charge on any atom is 0.274 e. The van der Waals surface area contributed by atoms with Crippen molar-refractivity contribution in [1.29, 1.82) is 0 Å². The van der Waals surface area contributed by atoms with Crippen molar-refractivity contribution in [3.8, 4) is 5.75 Å². The number of para-hydroxylation sites is 1. The molecule has 1 aromatic heterocycles. The summed E-state index contributed by atoms with van der Waals surface area (Å²) in [5, 5.41) is 8.37. The van der Waals surface area contributed by atoms with Gasteiger partial charge >= 0.3 is 0 Å². The molecule has 1 aromatic carbocycles. The smallest absolute Gasteiger partial charge is 0.274 e. The Balaban J connectivity index is 1.79. The van der Waals surface area contributed by atoms with Gasteiger partial charge in [-0.1, -0.05) is 32.0 Å². The molecular weight excluding hydrogens is 352 g/mol. The summed E-state index contributed by atoms with van der Waals surface area (Å²) in [5.41, 5.74) is 4.11. The second-order valence-corrected chi connectivity index (χ2v) is 8.18. The van der Waals surface area contributed by atoms with E-state index in [4.69, 9.17) is 9.84 Å². The van der Waals surface area contributed by atoms with Gasteiger partial charge in [0.1, 0.15) is 5.75 Å². The van der Waals surface area contributed by atoms with Crippen LogP contribution in [0.2, 0.25) is 0 Å². The number of carbonyl (C=O) groups excluding carboxylic acids is 1. The number of ether oxygens (including phenoxy) is 1. The van der Waals surface area contributed by atoms with E-state index in [2.05, 4.69) is 29.9 Å². The third-order valence-electron chi connectivity index (χ3n) is 5.27. The van der Waals surface area contributed by atoms with Gasteiger partial charge in [0.25, 0.3) is 5.91 Å². The summed E-state index contributed by atoms with van der Waals surface area (Å²) in [6.07, 6.45) is 2.82. The standard InChI is InChI=1S/C22H32N4O2/c1-15(2)14-26-19-11-10-17(12-18(19)21(24-26)22(27)25(3)4)23-13-16-8-6-7-9-20(16)28-5/h6-9,15,17,23H,10-14H2,1-5H3/t17-/m0/s1. The Morgan fingerprint density at radius 1 is 1.36 bits per heavy atom. The highest BCUT2D eigenvalue weighted by Gasteiger charge is 2.29. The molecule has 6 nitrogen and oxygen atoms in total. The maximum absolute atomic E-state index is 12.7. The highest BCUT2D eigenvalue weighted by Crippen LogP contribution is 2.27. The van der Waals surface area contributed by atoms with Crippen molar-refractivity contribution in [3.05, 3.63) is 46.8 Å². The summed E-state index contributed by atoms with van der Waals surface area (Å²) in [7, 11) is 5.28. The number of hydrogen-bond donors (Lipinski definition) is 1. The number of nitrogens with one attached hydrogen (secondary N) is 1. The lowest BCUT2D eigenvalue weighted by molar-refractivity contribution is 0.0819. The molecule has 0 saturated heterocycles. The van der Waals surface area contributed by atoms with Gasteiger partial charge in [0.15, 0.2) is 5.69 Å². The summed E-state index contributed by atoms with van der Waals surface area (Å²) in [6.45, 7) is 5.97. The molecule has 0 radical (unpaired) electrons. The number of hydrogen-bond acceptors (Lipinski definition) is 4. The van der Waals surface area contributed by atoms with Gasteiger partial charge in [-0.15, -0.1) is 0 Å². The molecule has 1 N–H and O–H groups in total. The molecule has 6 heteroatoms. The first-order valence-electron chi connectivity index (χ1n) is 10.1. The van der Waals surface area contributed by atoms with Gasteiger partial charge < -0.3 is 15.0 Å². The molecule has 0 unspecified atom stereocenters. The Labute approximate surface area is 167 Å². The van der Waals surface area contributed by atoms with Crippen molar-refractivity contribution in [2.75, 3.05) is 21.2 Å². The summed E-state index contributed by atoms with van der Waals surface area (Å²) in [5.74, 6) is 1.39. The third-order valence-corrected chi connectivity index (χ3v) is 5.27. The number of rotatable bonds is 7. The fourth-order valence-corrected chi connectivity index (χ4v) is 3.85. The minimum absolute atomic E-state index is 0.0101. The van der Waals surface area contributed by atoms with Crippen molar-refractivity contribution < 1.29 is 9.53 Å². The van der Waals surface area contributed by atoms with Crippen LogP contribution < -0.4 is 10.1 Å². The number of methoxy groups -OCH3 is 1. The van der Waals surface area contributed by atoms with Crippen LogP contribution in [0.5, 0.6) is 5.75 Å². The minimum atomic E-state index is -0.0101. The highest BCUT2D eigenvalue weighted by atomic mass is 16.5. The summed E-state index contributed by atoms with van der Waals surface area (Å²) < 4.78 is 7.52. The van der Waals surface area contributed by atoms with E-state index in [1.165, 1.54) is 5.69 Å². The van der Waals surface area contributed by atoms with Crippen molar-refractivity contribution in [2.45, 2.75) is 52.2 Å². The number of aromatic nitrogens is 2. The van der Waals surface area contributed by atoms with E-state index in [0.29, 0.717) is 17.7 Å². The van der Waals surface area contributed by atoms with E-state index < -0.39 is 0 Å². The van der Waals surface area contributed by atoms with Gasteiger partial charge in [-0.3, -0.25) is 9.48 Å². The van der Waals surface area contributed by atoms with Crippen LogP contribution in [0.25, 0.3) is 0 Å².